The van der Waals surface area contributed by atoms with Gasteiger partial charge in [0.1, 0.15) is 23.2 Å². The molecule has 2 N–H and O–H groups in total. The highest BCUT2D eigenvalue weighted by Crippen LogP contribution is 2.33. The fourth-order valence-electron chi connectivity index (χ4n) is 3.41. The van der Waals surface area contributed by atoms with E-state index >= 15 is 0 Å². The van der Waals surface area contributed by atoms with Gasteiger partial charge in [-0.25, -0.2) is 4.79 Å². The van der Waals surface area contributed by atoms with Crippen LogP contribution in [0.15, 0.2) is 12.1 Å². The maximum atomic E-state index is 12.0. The van der Waals surface area contributed by atoms with E-state index in [1.165, 1.54) is 57.4 Å². The molecule has 0 saturated heterocycles. The Morgan fingerprint density at radius 2 is 1.62 bits per heavy atom. The van der Waals surface area contributed by atoms with E-state index in [9.17, 15) is 15.0 Å². The monoisotopic (exact) mass is 334 g/mol. The number of esters is 1. The van der Waals surface area contributed by atoms with Crippen LogP contribution in [-0.2, 0) is 11.2 Å². The van der Waals surface area contributed by atoms with Gasteiger partial charge in [-0.3, -0.25) is 0 Å². The number of phenols is 2. The van der Waals surface area contributed by atoms with Crippen molar-refractivity contribution in [1.82, 2.24) is 0 Å². The summed E-state index contributed by atoms with van der Waals surface area (Å²) in [5.41, 5.74) is 0.890. The molecule has 1 aliphatic heterocycles. The van der Waals surface area contributed by atoms with Crippen LogP contribution in [0.25, 0.3) is 0 Å². The van der Waals surface area contributed by atoms with Crippen molar-refractivity contribution in [2.75, 3.05) is 0 Å². The molecule has 2 rings (SSSR count). The Morgan fingerprint density at radius 3 is 2.29 bits per heavy atom. The Labute approximate surface area is 144 Å². The molecule has 4 heteroatoms. The van der Waals surface area contributed by atoms with E-state index < -0.39 is 5.97 Å². The smallest absolute Gasteiger partial charge is 0.342 e. The molecule has 4 nitrogen and oxygen atoms in total. The average molecular weight is 334 g/mol. The van der Waals surface area contributed by atoms with Crippen LogP contribution in [0, 0.1) is 0 Å². The highest BCUT2D eigenvalue weighted by atomic mass is 16.5. The minimum absolute atomic E-state index is 0.0113. The first-order chi connectivity index (χ1) is 11.6. The summed E-state index contributed by atoms with van der Waals surface area (Å²) in [7, 11) is 0. The lowest BCUT2D eigenvalue weighted by molar-refractivity contribution is 0.0227. The molecule has 134 valence electrons. The zero-order valence-electron chi connectivity index (χ0n) is 14.7. The Morgan fingerprint density at radius 1 is 1.00 bits per heavy atom. The summed E-state index contributed by atoms with van der Waals surface area (Å²) < 4.78 is 5.42. The fourth-order valence-corrected chi connectivity index (χ4v) is 3.41. The molecule has 0 fully saturated rings. The molecule has 1 aliphatic rings. The van der Waals surface area contributed by atoms with Crippen LogP contribution < -0.4 is 0 Å². The number of hydrogen-bond donors (Lipinski definition) is 2. The molecule has 1 heterocycles. The zero-order valence-corrected chi connectivity index (χ0v) is 14.7. The van der Waals surface area contributed by atoms with E-state index in [-0.39, 0.29) is 23.2 Å². The van der Waals surface area contributed by atoms with E-state index in [1.54, 1.807) is 6.07 Å². The molecule has 0 bridgehead atoms. The van der Waals surface area contributed by atoms with Gasteiger partial charge in [0.25, 0.3) is 0 Å². The van der Waals surface area contributed by atoms with Crippen molar-refractivity contribution in [3.63, 3.8) is 0 Å². The second-order valence-corrected chi connectivity index (χ2v) is 6.85. The molecule has 1 aromatic carbocycles. The lowest BCUT2D eigenvalue weighted by Gasteiger charge is -2.25. The van der Waals surface area contributed by atoms with Crippen LogP contribution in [0.3, 0.4) is 0 Å². The van der Waals surface area contributed by atoms with Crippen LogP contribution in [0.2, 0.25) is 0 Å². The van der Waals surface area contributed by atoms with Gasteiger partial charge in [-0.15, -0.1) is 0 Å². The number of phenolic OH excluding ortho intramolecular Hbond substituents is 2. The predicted octanol–water partition coefficient (Wildman–Crippen LogP) is 5.10. The van der Waals surface area contributed by atoms with Crippen molar-refractivity contribution in [1.29, 1.82) is 0 Å². The van der Waals surface area contributed by atoms with Crippen LogP contribution in [0.1, 0.15) is 87.1 Å². The van der Waals surface area contributed by atoms with Gasteiger partial charge in [0.05, 0.1) is 0 Å². The van der Waals surface area contributed by atoms with E-state index in [2.05, 4.69) is 6.92 Å². The third-order valence-corrected chi connectivity index (χ3v) is 4.74. The van der Waals surface area contributed by atoms with Gasteiger partial charge < -0.3 is 14.9 Å². The Balaban J connectivity index is 1.67. The molecule has 0 saturated carbocycles. The minimum Gasteiger partial charge on any atom is -0.508 e. The highest BCUT2D eigenvalue weighted by molar-refractivity contribution is 5.95. The van der Waals surface area contributed by atoms with Crippen molar-refractivity contribution >= 4 is 5.97 Å². The average Bonchev–Trinajstić information content (AvgIpc) is 2.52. The maximum absolute atomic E-state index is 12.0. The van der Waals surface area contributed by atoms with Gasteiger partial charge in [0, 0.05) is 12.5 Å². The quantitative estimate of drug-likeness (QED) is 0.461. The lowest BCUT2D eigenvalue weighted by atomic mass is 9.94. The Bertz CT molecular complexity index is 539. The molecule has 1 unspecified atom stereocenters. The maximum Gasteiger partial charge on any atom is 0.342 e. The van der Waals surface area contributed by atoms with Crippen LogP contribution in [-0.4, -0.2) is 22.3 Å². The van der Waals surface area contributed by atoms with Gasteiger partial charge in [-0.05, 0) is 24.5 Å². The summed E-state index contributed by atoms with van der Waals surface area (Å²) in [6.45, 7) is 2.24. The van der Waals surface area contributed by atoms with Gasteiger partial charge in [0.2, 0.25) is 0 Å². The van der Waals surface area contributed by atoms with E-state index in [0.29, 0.717) is 12.0 Å². The second-order valence-electron chi connectivity index (χ2n) is 6.85. The first kappa shape index (κ1) is 18.6. The number of rotatable bonds is 10. The largest absolute Gasteiger partial charge is 0.508 e. The lowest BCUT2D eigenvalue weighted by Crippen LogP contribution is -2.27. The number of aromatic hydroxyl groups is 2. The molecule has 1 aromatic rings. The van der Waals surface area contributed by atoms with Gasteiger partial charge >= 0.3 is 5.97 Å². The summed E-state index contributed by atoms with van der Waals surface area (Å²) in [5.74, 6) is -0.686. The standard InChI is InChI=1S/C20H30O4/c1-2-3-4-5-6-7-8-9-10-11-17-13-15-12-16(21)14-18(22)19(15)20(23)24-17/h12,14,17,21-22H,2-11,13H2,1H3. The third-order valence-electron chi connectivity index (χ3n) is 4.74. The summed E-state index contributed by atoms with van der Waals surface area (Å²) in [6.07, 6.45) is 12.7. The number of ether oxygens (including phenoxy) is 1. The molecule has 0 aromatic heterocycles. The molecule has 0 spiro atoms. The molecule has 1 atom stereocenters. The highest BCUT2D eigenvalue weighted by Gasteiger charge is 2.29. The van der Waals surface area contributed by atoms with Gasteiger partial charge in [0.15, 0.2) is 0 Å². The summed E-state index contributed by atoms with van der Waals surface area (Å²) >= 11 is 0. The number of benzene rings is 1. The van der Waals surface area contributed by atoms with Crippen molar-refractivity contribution in [3.05, 3.63) is 23.3 Å². The fraction of sp³-hybridized carbons (Fsp3) is 0.650. The Kier molecular flexibility index (Phi) is 7.41. The number of carbonyl (C=O) groups excluding carboxylic acids is 1. The van der Waals surface area contributed by atoms with Gasteiger partial charge in [-0.2, -0.15) is 0 Å². The van der Waals surface area contributed by atoms with Crippen molar-refractivity contribution in [2.45, 2.75) is 83.7 Å². The molecular weight excluding hydrogens is 304 g/mol. The minimum atomic E-state index is -0.477. The number of cyclic esters (lactones) is 1. The second kappa shape index (κ2) is 9.55. The number of unbranched alkanes of at least 4 members (excludes halogenated alkanes) is 8. The first-order valence-electron chi connectivity index (χ1n) is 9.37. The first-order valence-corrected chi connectivity index (χ1v) is 9.37. The SMILES string of the molecule is CCCCCCCCCCCC1Cc2cc(O)cc(O)c2C(=O)O1. The van der Waals surface area contributed by atoms with Crippen molar-refractivity contribution in [2.24, 2.45) is 0 Å². The topological polar surface area (TPSA) is 66.8 Å². The number of fused-ring (bicyclic) bond motifs is 1. The van der Waals surface area contributed by atoms with Crippen LogP contribution >= 0.6 is 0 Å². The van der Waals surface area contributed by atoms with Gasteiger partial charge in [-0.1, -0.05) is 58.3 Å². The molecule has 0 radical (unpaired) electrons. The Hall–Kier alpha value is -1.71. The number of hydrogen-bond acceptors (Lipinski definition) is 4. The summed E-state index contributed by atoms with van der Waals surface area (Å²) in [6, 6.07) is 2.74. The van der Waals surface area contributed by atoms with E-state index in [0.717, 1.165) is 12.8 Å². The third kappa shape index (κ3) is 5.43. The molecular formula is C20H30O4. The van der Waals surface area contributed by atoms with Crippen molar-refractivity contribution < 1.29 is 19.7 Å². The van der Waals surface area contributed by atoms with E-state index in [4.69, 9.17) is 4.74 Å². The molecule has 24 heavy (non-hydrogen) atoms. The molecule has 0 aliphatic carbocycles. The van der Waals surface area contributed by atoms with Crippen molar-refractivity contribution in [3.8, 4) is 11.5 Å². The predicted molar refractivity (Wildman–Crippen MR) is 94.5 cm³/mol. The normalized spacial score (nSPS) is 16.7. The zero-order chi connectivity index (χ0) is 17.4. The summed E-state index contributed by atoms with van der Waals surface area (Å²) in [5, 5.41) is 19.4. The molecule has 0 amide bonds. The van der Waals surface area contributed by atoms with Crippen LogP contribution in [0.5, 0.6) is 11.5 Å². The van der Waals surface area contributed by atoms with Crippen LogP contribution in [0.4, 0.5) is 0 Å². The van der Waals surface area contributed by atoms with E-state index in [1.807, 2.05) is 0 Å². The number of carbonyl (C=O) groups is 1. The summed E-state index contributed by atoms with van der Waals surface area (Å²) in [4.78, 5) is 12.0.